The summed E-state index contributed by atoms with van der Waals surface area (Å²) in [5.41, 5.74) is 0.644. The topological polar surface area (TPSA) is 55.4 Å². The minimum Gasteiger partial charge on any atom is -0.381 e. The highest BCUT2D eigenvalue weighted by Crippen LogP contribution is 2.33. The number of carbonyl (C=O) groups is 2. The average Bonchev–Trinajstić information content (AvgIpc) is 3.07. The zero-order valence-electron chi connectivity index (χ0n) is 14.7. The predicted octanol–water partition coefficient (Wildman–Crippen LogP) is 4.60. The van der Waals surface area contributed by atoms with Gasteiger partial charge in [-0.25, -0.2) is 0 Å². The second-order valence-corrected chi connectivity index (χ2v) is 8.79. The first-order chi connectivity index (χ1) is 12.5. The van der Waals surface area contributed by atoms with Crippen molar-refractivity contribution in [3.63, 3.8) is 0 Å². The molecule has 1 amide bonds. The van der Waals surface area contributed by atoms with Crippen LogP contribution in [0.15, 0.2) is 40.9 Å². The summed E-state index contributed by atoms with van der Waals surface area (Å²) in [6.07, 6.45) is 1.89. The lowest BCUT2D eigenvalue weighted by molar-refractivity contribution is -0.124. The lowest BCUT2D eigenvalue weighted by atomic mass is 9.82. The average molecular weight is 436 g/mol. The van der Waals surface area contributed by atoms with Gasteiger partial charge in [-0.1, -0.05) is 28.1 Å². The van der Waals surface area contributed by atoms with Crippen molar-refractivity contribution in [3.8, 4) is 0 Å². The molecule has 4 nitrogen and oxygen atoms in total. The summed E-state index contributed by atoms with van der Waals surface area (Å²) in [6.45, 7) is 3.20. The smallest absolute Gasteiger partial charge is 0.221 e. The van der Waals surface area contributed by atoms with E-state index in [4.69, 9.17) is 4.74 Å². The molecule has 1 N–H and O–H groups in total. The minimum absolute atomic E-state index is 0.0294. The Morgan fingerprint density at radius 2 is 1.96 bits per heavy atom. The van der Waals surface area contributed by atoms with Crippen molar-refractivity contribution in [2.75, 3.05) is 13.2 Å². The molecule has 0 atom stereocenters. The van der Waals surface area contributed by atoms with Gasteiger partial charge in [0.05, 0.1) is 10.4 Å². The molecule has 6 heteroatoms. The van der Waals surface area contributed by atoms with Gasteiger partial charge in [-0.3, -0.25) is 9.59 Å². The molecular formula is C20H22BrNO3S. The van der Waals surface area contributed by atoms with Crippen molar-refractivity contribution >= 4 is 39.0 Å². The third-order valence-electron chi connectivity index (χ3n) is 4.70. The molecule has 0 saturated carbocycles. The number of benzene rings is 1. The van der Waals surface area contributed by atoms with Gasteiger partial charge in [-0.2, -0.15) is 0 Å². The van der Waals surface area contributed by atoms with E-state index in [-0.39, 0.29) is 24.5 Å². The van der Waals surface area contributed by atoms with E-state index < -0.39 is 5.54 Å². The van der Waals surface area contributed by atoms with Crippen LogP contribution in [0.5, 0.6) is 0 Å². The number of ether oxygens (including phenoxy) is 1. The molecule has 2 heterocycles. The standard InChI is InChI=1S/C20H22BrNO3S/c1-14-5-7-18(26-14)17(23)6-8-19(24)22-20(9-11-25-12-10-20)15-3-2-4-16(21)13-15/h2-5,7,13H,6,8-12H2,1H3,(H,22,24). The van der Waals surface area contributed by atoms with Crippen molar-refractivity contribution < 1.29 is 14.3 Å². The van der Waals surface area contributed by atoms with Crippen molar-refractivity contribution in [1.29, 1.82) is 0 Å². The number of ketones is 1. The second kappa shape index (κ2) is 8.46. The summed E-state index contributed by atoms with van der Waals surface area (Å²) < 4.78 is 6.49. The molecule has 2 aromatic rings. The first kappa shape index (κ1) is 19.3. The van der Waals surface area contributed by atoms with E-state index in [0.29, 0.717) is 13.2 Å². The van der Waals surface area contributed by atoms with Crippen LogP contribution in [0.1, 0.15) is 45.8 Å². The normalized spacial score (nSPS) is 16.2. The maximum absolute atomic E-state index is 12.6. The van der Waals surface area contributed by atoms with Gasteiger partial charge >= 0.3 is 0 Å². The Morgan fingerprint density at radius 1 is 1.19 bits per heavy atom. The lowest BCUT2D eigenvalue weighted by Gasteiger charge is -2.38. The molecule has 3 rings (SSSR count). The van der Waals surface area contributed by atoms with Crippen molar-refractivity contribution in [3.05, 3.63) is 56.2 Å². The molecule has 0 unspecified atom stereocenters. The Bertz CT molecular complexity index is 796. The van der Waals surface area contributed by atoms with E-state index in [2.05, 4.69) is 21.2 Å². The van der Waals surface area contributed by atoms with E-state index in [1.807, 2.05) is 43.3 Å². The third kappa shape index (κ3) is 4.61. The quantitative estimate of drug-likeness (QED) is 0.674. The predicted molar refractivity (Wildman–Crippen MR) is 107 cm³/mol. The zero-order chi connectivity index (χ0) is 18.6. The van der Waals surface area contributed by atoms with Crippen LogP contribution in [-0.4, -0.2) is 24.9 Å². The molecule has 1 saturated heterocycles. The fourth-order valence-electron chi connectivity index (χ4n) is 3.26. The molecule has 26 heavy (non-hydrogen) atoms. The number of hydrogen-bond donors (Lipinski definition) is 1. The van der Waals surface area contributed by atoms with E-state index in [9.17, 15) is 9.59 Å². The highest BCUT2D eigenvalue weighted by Gasteiger charge is 2.36. The fourth-order valence-corrected chi connectivity index (χ4v) is 4.49. The molecule has 1 aliphatic rings. The summed E-state index contributed by atoms with van der Waals surface area (Å²) in [7, 11) is 0. The molecule has 138 valence electrons. The Hall–Kier alpha value is -1.50. The summed E-state index contributed by atoms with van der Waals surface area (Å²) in [5.74, 6) is -0.0600. The van der Waals surface area contributed by atoms with Gasteiger partial charge in [-0.15, -0.1) is 11.3 Å². The molecule has 0 aliphatic carbocycles. The molecule has 1 aromatic heterocycles. The van der Waals surface area contributed by atoms with E-state index >= 15 is 0 Å². The Kier molecular flexibility index (Phi) is 6.27. The number of halogens is 1. The van der Waals surface area contributed by atoms with Crippen LogP contribution in [0.4, 0.5) is 0 Å². The van der Waals surface area contributed by atoms with Gasteiger partial charge in [0.25, 0.3) is 0 Å². The summed E-state index contributed by atoms with van der Waals surface area (Å²) in [5, 5.41) is 3.20. The van der Waals surface area contributed by atoms with Crippen molar-refractivity contribution in [2.24, 2.45) is 0 Å². The second-order valence-electron chi connectivity index (χ2n) is 6.59. The first-order valence-corrected chi connectivity index (χ1v) is 10.3. The summed E-state index contributed by atoms with van der Waals surface area (Å²) in [6, 6.07) is 11.8. The SMILES string of the molecule is Cc1ccc(C(=O)CCC(=O)NC2(c3cccc(Br)c3)CCOCC2)s1. The van der Waals surface area contributed by atoms with Crippen LogP contribution in [0.2, 0.25) is 0 Å². The molecule has 1 aromatic carbocycles. The molecule has 0 spiro atoms. The number of amides is 1. The van der Waals surface area contributed by atoms with Crippen LogP contribution in [-0.2, 0) is 15.1 Å². The summed E-state index contributed by atoms with van der Waals surface area (Å²) >= 11 is 4.99. The molecule has 0 radical (unpaired) electrons. The Balaban J connectivity index is 1.67. The van der Waals surface area contributed by atoms with Crippen LogP contribution >= 0.6 is 27.3 Å². The molecular weight excluding hydrogens is 414 g/mol. The number of nitrogens with one attached hydrogen (secondary N) is 1. The van der Waals surface area contributed by atoms with Crippen molar-refractivity contribution in [1.82, 2.24) is 5.32 Å². The van der Waals surface area contributed by atoms with Gasteiger partial charge in [-0.05, 0) is 49.6 Å². The van der Waals surface area contributed by atoms with Gasteiger partial charge in [0.1, 0.15) is 0 Å². The van der Waals surface area contributed by atoms with Crippen LogP contribution < -0.4 is 5.32 Å². The molecule has 0 bridgehead atoms. The number of hydrogen-bond acceptors (Lipinski definition) is 4. The first-order valence-electron chi connectivity index (χ1n) is 8.73. The number of rotatable bonds is 6. The van der Waals surface area contributed by atoms with E-state index in [0.717, 1.165) is 32.6 Å². The van der Waals surface area contributed by atoms with Gasteiger partial charge < -0.3 is 10.1 Å². The lowest BCUT2D eigenvalue weighted by Crippen LogP contribution is -2.49. The third-order valence-corrected chi connectivity index (χ3v) is 6.23. The van der Waals surface area contributed by atoms with Crippen molar-refractivity contribution in [2.45, 2.75) is 38.1 Å². The number of aryl methyl sites for hydroxylation is 1. The van der Waals surface area contributed by atoms with E-state index in [1.54, 1.807) is 0 Å². The van der Waals surface area contributed by atoms with Crippen LogP contribution in [0.3, 0.4) is 0 Å². The molecule has 1 aliphatic heterocycles. The van der Waals surface area contributed by atoms with Gasteiger partial charge in [0, 0.05) is 35.4 Å². The van der Waals surface area contributed by atoms with E-state index in [1.165, 1.54) is 11.3 Å². The largest absolute Gasteiger partial charge is 0.381 e. The maximum atomic E-state index is 12.6. The van der Waals surface area contributed by atoms with Crippen LogP contribution in [0, 0.1) is 6.92 Å². The summed E-state index contributed by atoms with van der Waals surface area (Å²) in [4.78, 5) is 26.7. The van der Waals surface area contributed by atoms with Gasteiger partial charge in [0.15, 0.2) is 5.78 Å². The molecule has 1 fully saturated rings. The number of Topliss-reactive ketones (excluding diaryl/α,β-unsaturated/α-hetero) is 1. The Morgan fingerprint density at radius 3 is 2.62 bits per heavy atom. The number of carbonyl (C=O) groups excluding carboxylic acids is 2. The fraction of sp³-hybridized carbons (Fsp3) is 0.400. The maximum Gasteiger partial charge on any atom is 0.221 e. The Labute approximate surface area is 166 Å². The minimum atomic E-state index is -0.429. The zero-order valence-corrected chi connectivity index (χ0v) is 17.1. The van der Waals surface area contributed by atoms with Crippen LogP contribution in [0.25, 0.3) is 0 Å². The highest BCUT2D eigenvalue weighted by atomic mass is 79.9. The van der Waals surface area contributed by atoms with Gasteiger partial charge in [0.2, 0.25) is 5.91 Å². The highest BCUT2D eigenvalue weighted by molar-refractivity contribution is 9.10. The number of thiophene rings is 1. The monoisotopic (exact) mass is 435 g/mol.